The molecule has 0 amide bonds. The third-order valence-electron chi connectivity index (χ3n) is 1.36. The lowest BCUT2D eigenvalue weighted by Crippen LogP contribution is -1.62. The molecule has 0 aliphatic heterocycles. The number of rotatable bonds is 0. The van der Waals surface area contributed by atoms with Crippen LogP contribution in [-0.2, 0) is 0 Å². The van der Waals surface area contributed by atoms with Crippen molar-refractivity contribution in [3.05, 3.63) is 17.3 Å². The van der Waals surface area contributed by atoms with Crippen molar-refractivity contribution in [2.24, 2.45) is 0 Å². The van der Waals surface area contributed by atoms with Crippen LogP contribution in [-0.4, -0.2) is 9.97 Å². The fraction of sp³-hybridized carbons (Fsp3) is 0.167. The summed E-state index contributed by atoms with van der Waals surface area (Å²) in [5.74, 6) is 0. The fourth-order valence-corrected chi connectivity index (χ4v) is 1.59. The molecule has 2 aromatic rings. The Hall–Kier alpha value is -0.830. The zero-order chi connectivity index (χ0) is 6.27. The van der Waals surface area contributed by atoms with Crippen molar-refractivity contribution >= 4 is 21.7 Å². The molecule has 2 rings (SSSR count). The number of hydrogen-bond donors (Lipinski definition) is 1. The second-order valence-electron chi connectivity index (χ2n) is 2.00. The van der Waals surface area contributed by atoms with Crippen LogP contribution in [0.2, 0.25) is 0 Å². The summed E-state index contributed by atoms with van der Waals surface area (Å²) in [6.45, 7) is 2.05. The minimum Gasteiger partial charge on any atom is -0.351 e. The van der Waals surface area contributed by atoms with E-state index >= 15 is 0 Å². The maximum absolute atomic E-state index is 4.17. The van der Waals surface area contributed by atoms with E-state index in [0.717, 1.165) is 5.52 Å². The fourth-order valence-electron chi connectivity index (χ4n) is 0.872. The molecule has 0 atom stereocenters. The smallest absolute Gasteiger partial charge is 0.120 e. The summed E-state index contributed by atoms with van der Waals surface area (Å²) in [5.41, 5.74) is 4.19. The van der Waals surface area contributed by atoms with Gasteiger partial charge in [-0.25, -0.2) is 4.98 Å². The highest BCUT2D eigenvalue weighted by Gasteiger charge is 1.98. The van der Waals surface area contributed by atoms with Gasteiger partial charge in [0.05, 0.1) is 5.51 Å². The predicted octanol–water partition coefficient (Wildman–Crippen LogP) is 1.93. The average Bonchev–Trinajstić information content (AvgIpc) is 2.35. The maximum atomic E-state index is 4.17. The monoisotopic (exact) mass is 138 g/mol. The molecule has 9 heavy (non-hydrogen) atoms. The Kier molecular flexibility index (Phi) is 0.873. The molecular weight excluding hydrogens is 132 g/mol. The van der Waals surface area contributed by atoms with Crippen LogP contribution in [0, 0.1) is 6.92 Å². The summed E-state index contributed by atoms with van der Waals surface area (Å²) >= 11 is 1.64. The number of nitrogens with one attached hydrogen (secondary N) is 1. The quantitative estimate of drug-likeness (QED) is 0.592. The van der Waals surface area contributed by atoms with Gasteiger partial charge in [0.1, 0.15) is 10.3 Å². The van der Waals surface area contributed by atoms with Crippen molar-refractivity contribution in [1.29, 1.82) is 0 Å². The molecule has 0 saturated heterocycles. The van der Waals surface area contributed by atoms with E-state index in [4.69, 9.17) is 0 Å². The van der Waals surface area contributed by atoms with Gasteiger partial charge in [-0.2, -0.15) is 0 Å². The van der Waals surface area contributed by atoms with E-state index in [0.29, 0.717) is 0 Å². The summed E-state index contributed by atoms with van der Waals surface area (Å²) in [4.78, 5) is 8.46. The molecule has 0 fully saturated rings. The molecule has 0 radical (unpaired) electrons. The standard InChI is InChI=1S/C6H6N2S/c1-4-2-7-6-5(4)8-3-9-6/h2-3,7H,1H3. The third-order valence-corrected chi connectivity index (χ3v) is 2.12. The van der Waals surface area contributed by atoms with Crippen LogP contribution in [0.15, 0.2) is 11.7 Å². The van der Waals surface area contributed by atoms with Crippen LogP contribution in [0.3, 0.4) is 0 Å². The van der Waals surface area contributed by atoms with Gasteiger partial charge in [-0.15, -0.1) is 11.3 Å². The summed E-state index contributed by atoms with van der Waals surface area (Å²) in [5, 5.41) is 0. The van der Waals surface area contributed by atoms with Gasteiger partial charge in [0.15, 0.2) is 0 Å². The average molecular weight is 138 g/mol. The van der Waals surface area contributed by atoms with Crippen molar-refractivity contribution in [2.75, 3.05) is 0 Å². The van der Waals surface area contributed by atoms with E-state index in [-0.39, 0.29) is 0 Å². The minimum absolute atomic E-state index is 1.11. The number of H-pyrrole nitrogens is 1. The molecule has 2 aromatic heterocycles. The SMILES string of the molecule is Cc1c[nH]c2scnc12. The Morgan fingerprint density at radius 2 is 2.56 bits per heavy atom. The molecule has 0 bridgehead atoms. The number of aromatic nitrogens is 2. The molecule has 46 valence electrons. The van der Waals surface area contributed by atoms with Crippen molar-refractivity contribution in [3.8, 4) is 0 Å². The first-order chi connectivity index (χ1) is 4.38. The number of fused-ring (bicyclic) bond motifs is 1. The second-order valence-corrected chi connectivity index (χ2v) is 2.86. The van der Waals surface area contributed by atoms with E-state index in [1.165, 1.54) is 10.4 Å². The molecule has 0 spiro atoms. The largest absolute Gasteiger partial charge is 0.351 e. The van der Waals surface area contributed by atoms with Gasteiger partial charge in [-0.05, 0) is 12.5 Å². The summed E-state index contributed by atoms with van der Waals surface area (Å²) in [7, 11) is 0. The molecule has 0 aromatic carbocycles. The number of hydrogen-bond acceptors (Lipinski definition) is 2. The Labute approximate surface area is 56.5 Å². The van der Waals surface area contributed by atoms with E-state index in [1.54, 1.807) is 11.3 Å². The van der Waals surface area contributed by atoms with Gasteiger partial charge in [-0.1, -0.05) is 0 Å². The lowest BCUT2D eigenvalue weighted by Gasteiger charge is -1.74. The zero-order valence-corrected chi connectivity index (χ0v) is 5.83. The van der Waals surface area contributed by atoms with Gasteiger partial charge in [0.2, 0.25) is 0 Å². The Morgan fingerprint density at radius 3 is 3.33 bits per heavy atom. The number of nitrogens with zero attached hydrogens (tertiary/aromatic N) is 1. The molecule has 0 saturated carbocycles. The summed E-state index contributed by atoms with van der Waals surface area (Å²) in [6, 6.07) is 0. The number of aryl methyl sites for hydroxylation is 1. The molecule has 1 N–H and O–H groups in total. The summed E-state index contributed by atoms with van der Waals surface area (Å²) in [6.07, 6.45) is 1.98. The highest BCUT2D eigenvalue weighted by atomic mass is 32.1. The first-order valence-electron chi connectivity index (χ1n) is 2.75. The van der Waals surface area contributed by atoms with Gasteiger partial charge >= 0.3 is 0 Å². The molecular formula is C6H6N2S. The molecule has 3 heteroatoms. The van der Waals surface area contributed by atoms with E-state index in [9.17, 15) is 0 Å². The first kappa shape index (κ1) is 4.99. The molecule has 0 unspecified atom stereocenters. The normalized spacial score (nSPS) is 10.8. The van der Waals surface area contributed by atoms with E-state index < -0.39 is 0 Å². The molecule has 0 aliphatic carbocycles. The van der Waals surface area contributed by atoms with Crippen molar-refractivity contribution in [1.82, 2.24) is 9.97 Å². The van der Waals surface area contributed by atoms with E-state index in [2.05, 4.69) is 16.9 Å². The first-order valence-corrected chi connectivity index (χ1v) is 3.63. The number of aromatic amines is 1. The van der Waals surface area contributed by atoms with Gasteiger partial charge in [0.25, 0.3) is 0 Å². The number of thiazole rings is 1. The minimum atomic E-state index is 1.11. The lowest BCUT2D eigenvalue weighted by molar-refractivity contribution is 1.41. The van der Waals surface area contributed by atoms with Crippen LogP contribution < -0.4 is 0 Å². The highest BCUT2D eigenvalue weighted by Crippen LogP contribution is 2.18. The van der Waals surface area contributed by atoms with Crippen LogP contribution in [0.1, 0.15) is 5.56 Å². The Morgan fingerprint density at radius 1 is 1.67 bits per heavy atom. The van der Waals surface area contributed by atoms with Crippen LogP contribution in [0.25, 0.3) is 10.3 Å². The van der Waals surface area contributed by atoms with Gasteiger partial charge < -0.3 is 4.98 Å². The van der Waals surface area contributed by atoms with Crippen molar-refractivity contribution in [2.45, 2.75) is 6.92 Å². The highest BCUT2D eigenvalue weighted by molar-refractivity contribution is 7.16. The molecule has 2 nitrogen and oxygen atoms in total. The lowest BCUT2D eigenvalue weighted by atomic mass is 10.4. The predicted molar refractivity (Wildman–Crippen MR) is 38.7 cm³/mol. The van der Waals surface area contributed by atoms with E-state index in [1.807, 2.05) is 11.7 Å². The zero-order valence-electron chi connectivity index (χ0n) is 5.01. The molecule has 2 heterocycles. The Bertz CT molecular complexity index is 320. The molecule has 0 aliphatic rings. The summed E-state index contributed by atoms with van der Waals surface area (Å²) < 4.78 is 0. The van der Waals surface area contributed by atoms with Crippen molar-refractivity contribution < 1.29 is 0 Å². The van der Waals surface area contributed by atoms with Gasteiger partial charge in [-0.3, -0.25) is 0 Å². The van der Waals surface area contributed by atoms with Crippen molar-refractivity contribution in [3.63, 3.8) is 0 Å². The topological polar surface area (TPSA) is 28.7 Å². The third kappa shape index (κ3) is 0.580. The van der Waals surface area contributed by atoms with Crippen LogP contribution in [0.4, 0.5) is 0 Å². The van der Waals surface area contributed by atoms with Gasteiger partial charge in [0, 0.05) is 6.20 Å². The van der Waals surface area contributed by atoms with Crippen LogP contribution in [0.5, 0.6) is 0 Å². The maximum Gasteiger partial charge on any atom is 0.120 e. The second kappa shape index (κ2) is 1.57. The van der Waals surface area contributed by atoms with Crippen LogP contribution >= 0.6 is 11.3 Å². The Balaban J connectivity index is 2.99.